The maximum atomic E-state index is 5.98. The third-order valence-corrected chi connectivity index (χ3v) is 5.39. The predicted molar refractivity (Wildman–Crippen MR) is 82.3 cm³/mol. The Bertz CT molecular complexity index is 244. The van der Waals surface area contributed by atoms with Crippen LogP contribution in [0, 0.1) is 17.8 Å². The van der Waals surface area contributed by atoms with E-state index in [1.807, 2.05) is 0 Å². The Kier molecular flexibility index (Phi) is 6.43. The summed E-state index contributed by atoms with van der Waals surface area (Å²) in [5.74, 6) is 2.81. The highest BCUT2D eigenvalue weighted by molar-refractivity contribution is 4.87. The van der Waals surface area contributed by atoms with Crippen LogP contribution in [0.15, 0.2) is 12.7 Å². The van der Waals surface area contributed by atoms with E-state index in [-0.39, 0.29) is 0 Å². The molecule has 0 aromatic carbocycles. The normalized spacial score (nSPS) is 36.1. The van der Waals surface area contributed by atoms with Gasteiger partial charge in [0.05, 0.1) is 6.10 Å². The number of rotatable bonds is 6. The van der Waals surface area contributed by atoms with Gasteiger partial charge >= 0.3 is 0 Å². The fourth-order valence-corrected chi connectivity index (χ4v) is 3.97. The average molecular weight is 264 g/mol. The summed E-state index contributed by atoms with van der Waals surface area (Å²) in [5.41, 5.74) is 0. The number of hydrogen-bond acceptors (Lipinski definition) is 1. The molecule has 0 bridgehead atoms. The lowest BCUT2D eigenvalue weighted by atomic mass is 9.70. The van der Waals surface area contributed by atoms with Gasteiger partial charge in [0.1, 0.15) is 0 Å². The van der Waals surface area contributed by atoms with Crippen LogP contribution in [-0.2, 0) is 4.74 Å². The quantitative estimate of drug-likeness (QED) is 0.464. The van der Waals surface area contributed by atoms with Crippen LogP contribution in [-0.4, -0.2) is 12.7 Å². The highest BCUT2D eigenvalue weighted by Crippen LogP contribution is 2.40. The summed E-state index contributed by atoms with van der Waals surface area (Å²) in [5, 5.41) is 0. The molecule has 1 nitrogen and oxygen atoms in total. The van der Waals surface area contributed by atoms with E-state index in [1.165, 1.54) is 64.2 Å². The molecule has 0 heterocycles. The molecule has 0 N–H and O–H groups in total. The third kappa shape index (κ3) is 4.63. The van der Waals surface area contributed by atoms with Crippen molar-refractivity contribution in [3.8, 4) is 0 Å². The molecule has 0 aromatic heterocycles. The van der Waals surface area contributed by atoms with Crippen LogP contribution in [0.5, 0.6) is 0 Å². The summed E-state index contributed by atoms with van der Waals surface area (Å²) in [7, 11) is 0. The predicted octanol–water partition coefficient (Wildman–Crippen LogP) is 5.35. The zero-order valence-corrected chi connectivity index (χ0v) is 12.8. The van der Waals surface area contributed by atoms with Crippen LogP contribution in [0.25, 0.3) is 0 Å². The van der Waals surface area contributed by atoms with Gasteiger partial charge in [-0.25, -0.2) is 0 Å². The minimum atomic E-state index is 0.576. The minimum Gasteiger partial charge on any atom is -0.378 e. The topological polar surface area (TPSA) is 9.23 Å². The van der Waals surface area contributed by atoms with Crippen molar-refractivity contribution in [2.75, 3.05) is 6.61 Å². The number of unbranched alkanes of at least 4 members (excludes halogenated alkanes) is 1. The first kappa shape index (κ1) is 15.1. The summed E-state index contributed by atoms with van der Waals surface area (Å²) in [6.45, 7) is 7.17. The smallest absolute Gasteiger partial charge is 0.0575 e. The molecule has 0 atom stereocenters. The van der Waals surface area contributed by atoms with Gasteiger partial charge in [0.15, 0.2) is 0 Å². The van der Waals surface area contributed by atoms with Crippen molar-refractivity contribution in [1.82, 2.24) is 0 Å². The van der Waals surface area contributed by atoms with Gasteiger partial charge in [-0.15, -0.1) is 6.58 Å². The molecule has 2 saturated carbocycles. The van der Waals surface area contributed by atoms with Crippen LogP contribution in [0.4, 0.5) is 0 Å². The summed E-state index contributed by atoms with van der Waals surface area (Å²) < 4.78 is 5.98. The van der Waals surface area contributed by atoms with Crippen LogP contribution in [0.1, 0.15) is 71.1 Å². The molecule has 0 amide bonds. The fraction of sp³-hybridized carbons (Fsp3) is 0.889. The number of ether oxygens (including phenoxy) is 1. The summed E-state index contributed by atoms with van der Waals surface area (Å²) in [4.78, 5) is 0. The van der Waals surface area contributed by atoms with Gasteiger partial charge in [-0.05, 0) is 75.5 Å². The summed E-state index contributed by atoms with van der Waals surface area (Å²) >= 11 is 0. The first-order valence-electron chi connectivity index (χ1n) is 8.57. The Morgan fingerprint density at radius 1 is 0.947 bits per heavy atom. The Hall–Kier alpha value is -0.300. The van der Waals surface area contributed by atoms with E-state index in [2.05, 4.69) is 19.6 Å². The molecule has 0 aliphatic heterocycles. The van der Waals surface area contributed by atoms with Gasteiger partial charge in [-0.3, -0.25) is 0 Å². The zero-order chi connectivity index (χ0) is 13.5. The molecule has 2 aliphatic carbocycles. The third-order valence-electron chi connectivity index (χ3n) is 5.39. The summed E-state index contributed by atoms with van der Waals surface area (Å²) in [6, 6.07) is 0. The first-order valence-corrected chi connectivity index (χ1v) is 8.57. The van der Waals surface area contributed by atoms with Crippen LogP contribution in [0.2, 0.25) is 0 Å². The molecule has 0 aromatic rings. The van der Waals surface area contributed by atoms with Gasteiger partial charge in [-0.1, -0.05) is 19.4 Å². The number of hydrogen-bond donors (Lipinski definition) is 0. The van der Waals surface area contributed by atoms with E-state index in [9.17, 15) is 0 Å². The second-order valence-corrected chi connectivity index (χ2v) is 6.67. The van der Waals surface area contributed by atoms with E-state index >= 15 is 0 Å². The number of allylic oxidation sites excluding steroid dienone is 1. The largest absolute Gasteiger partial charge is 0.378 e. The van der Waals surface area contributed by atoms with Crippen molar-refractivity contribution >= 4 is 0 Å². The van der Waals surface area contributed by atoms with Crippen molar-refractivity contribution in [1.29, 1.82) is 0 Å². The van der Waals surface area contributed by atoms with Gasteiger partial charge in [0.2, 0.25) is 0 Å². The van der Waals surface area contributed by atoms with Gasteiger partial charge in [0, 0.05) is 6.61 Å². The molecule has 110 valence electrons. The van der Waals surface area contributed by atoms with Gasteiger partial charge < -0.3 is 4.74 Å². The van der Waals surface area contributed by atoms with Crippen LogP contribution in [0.3, 0.4) is 0 Å². The SMILES string of the molecule is C=CC1CCC(C2CCC(OCCCC)CC2)CC1. The van der Waals surface area contributed by atoms with E-state index in [4.69, 9.17) is 4.74 Å². The lowest BCUT2D eigenvalue weighted by molar-refractivity contribution is 0.00645. The summed E-state index contributed by atoms with van der Waals surface area (Å²) in [6.07, 6.45) is 16.4. The maximum Gasteiger partial charge on any atom is 0.0575 e. The first-order chi connectivity index (χ1) is 9.33. The highest BCUT2D eigenvalue weighted by atomic mass is 16.5. The Labute approximate surface area is 119 Å². The lowest BCUT2D eigenvalue weighted by Crippen LogP contribution is -2.28. The highest BCUT2D eigenvalue weighted by Gasteiger charge is 2.30. The zero-order valence-electron chi connectivity index (χ0n) is 12.8. The van der Waals surface area contributed by atoms with Crippen molar-refractivity contribution in [3.63, 3.8) is 0 Å². The Morgan fingerprint density at radius 2 is 1.53 bits per heavy atom. The van der Waals surface area contributed by atoms with Gasteiger partial charge in [-0.2, -0.15) is 0 Å². The van der Waals surface area contributed by atoms with Crippen molar-refractivity contribution in [2.24, 2.45) is 17.8 Å². The van der Waals surface area contributed by atoms with E-state index in [0.29, 0.717) is 6.10 Å². The second-order valence-electron chi connectivity index (χ2n) is 6.67. The minimum absolute atomic E-state index is 0.576. The van der Waals surface area contributed by atoms with Crippen molar-refractivity contribution in [3.05, 3.63) is 12.7 Å². The van der Waals surface area contributed by atoms with Crippen LogP contribution < -0.4 is 0 Å². The molecule has 0 unspecified atom stereocenters. The average Bonchev–Trinajstić information content (AvgIpc) is 2.48. The fourth-order valence-electron chi connectivity index (χ4n) is 3.97. The maximum absolute atomic E-state index is 5.98. The Morgan fingerprint density at radius 3 is 2.05 bits per heavy atom. The van der Waals surface area contributed by atoms with E-state index < -0.39 is 0 Å². The Balaban J connectivity index is 1.64. The monoisotopic (exact) mass is 264 g/mol. The molecule has 2 fully saturated rings. The molecule has 0 radical (unpaired) electrons. The van der Waals surface area contributed by atoms with E-state index in [1.54, 1.807) is 0 Å². The molecule has 0 spiro atoms. The molecule has 19 heavy (non-hydrogen) atoms. The lowest BCUT2D eigenvalue weighted by Gasteiger charge is -2.37. The van der Waals surface area contributed by atoms with Crippen LogP contribution >= 0.6 is 0 Å². The van der Waals surface area contributed by atoms with E-state index in [0.717, 1.165) is 24.4 Å². The molecule has 1 heteroatoms. The molecule has 2 rings (SSSR count). The second kappa shape index (κ2) is 8.09. The molecular weight excluding hydrogens is 232 g/mol. The van der Waals surface area contributed by atoms with Crippen molar-refractivity contribution in [2.45, 2.75) is 77.2 Å². The molecule has 0 saturated heterocycles. The van der Waals surface area contributed by atoms with Crippen molar-refractivity contribution < 1.29 is 4.74 Å². The standard InChI is InChI=1S/C18H32O/c1-3-5-14-19-18-12-10-17(11-13-18)16-8-6-15(4-2)7-9-16/h4,15-18H,2-3,5-14H2,1H3. The molecule has 2 aliphatic rings. The molecular formula is C18H32O. The van der Waals surface area contributed by atoms with Gasteiger partial charge in [0.25, 0.3) is 0 Å².